The number of unbranched alkanes of at least 4 members (excludes halogenated alkanes) is 3. The summed E-state index contributed by atoms with van der Waals surface area (Å²) < 4.78 is 0. The number of carboxylic acid groups (broad SMARTS) is 3. The predicted octanol–water partition coefficient (Wildman–Crippen LogP) is -3.96. The minimum Gasteiger partial charge on any atom is -0.481 e. The largest absolute Gasteiger partial charge is 0.481 e. The number of guanidine groups is 1. The molecule has 2 fully saturated rings. The number of nitrogens with two attached hydrogens (primary N) is 6. The average Bonchev–Trinajstić information content (AvgIpc) is 1.69. The van der Waals surface area contributed by atoms with E-state index in [1.165, 1.54) is 39.5 Å². The topological polar surface area (TPSA) is 816 Å². The molecule has 2 heterocycles. The Hall–Kier alpha value is -12.5. The number of carboxylic acids is 3. The number of carbonyl (C=O) groups is 22. The molecule has 0 spiro atoms. The van der Waals surface area contributed by atoms with Crippen LogP contribution >= 0.6 is 0 Å². The molecular weight excluding hydrogens is 1940 g/mol. The van der Waals surface area contributed by atoms with Crippen molar-refractivity contribution in [3.63, 3.8) is 0 Å². The maximum absolute atomic E-state index is 15.0. The molecule has 2 aliphatic heterocycles. The first-order valence-corrected chi connectivity index (χ1v) is 52.1. The number of nitrogens with zero attached hydrogens (tertiary/aromatic N) is 3. The maximum Gasteiger partial charge on any atom is 0.326 e. The highest BCUT2D eigenvalue weighted by molar-refractivity contribution is 6.03. The quantitative estimate of drug-likeness (QED) is 0.0157. The Morgan fingerprint density at radius 2 is 0.591 bits per heavy atom. The first kappa shape index (κ1) is 133. The fourth-order valence-electron chi connectivity index (χ4n) is 16.7. The second-order valence-corrected chi connectivity index (χ2v) is 41.5. The number of aliphatic imine (C=N–C) groups is 1. The molecule has 2 saturated heterocycles. The van der Waals surface area contributed by atoms with Gasteiger partial charge in [-0.2, -0.15) is 0 Å². The van der Waals surface area contributed by atoms with Crippen LogP contribution in [-0.4, -0.2) is 321 Å². The molecule has 0 aromatic carbocycles. The smallest absolute Gasteiger partial charge is 0.326 e. The molecule has 846 valence electrons. The molecule has 0 unspecified atom stereocenters. The van der Waals surface area contributed by atoms with Gasteiger partial charge < -0.3 is 150 Å². The normalized spacial score (nSPS) is 17.1. The highest BCUT2D eigenvalue weighted by Crippen LogP contribution is 2.25. The van der Waals surface area contributed by atoms with Gasteiger partial charge in [-0.05, 0) is 224 Å². The van der Waals surface area contributed by atoms with Crippen LogP contribution in [0.3, 0.4) is 0 Å². The summed E-state index contributed by atoms with van der Waals surface area (Å²) in [5.74, 6) is -23.3. The van der Waals surface area contributed by atoms with Gasteiger partial charge in [0.05, 0.1) is 12.5 Å². The first-order chi connectivity index (χ1) is 69.7. The number of amides is 19. The van der Waals surface area contributed by atoms with Crippen molar-refractivity contribution >= 4 is 136 Å². The van der Waals surface area contributed by atoms with E-state index in [1.54, 1.807) is 83.1 Å². The molecule has 0 saturated carbocycles. The molecule has 51 heteroatoms. The van der Waals surface area contributed by atoms with Gasteiger partial charge in [-0.15, -0.1) is 0 Å². The van der Waals surface area contributed by atoms with Crippen molar-refractivity contribution in [3.8, 4) is 0 Å². The molecule has 0 bridgehead atoms. The Balaban J connectivity index is 2.31. The van der Waals surface area contributed by atoms with E-state index in [2.05, 4.69) is 95.4 Å². The summed E-state index contributed by atoms with van der Waals surface area (Å²) in [5.41, 5.74) is 34.2. The number of hydrogen-bond donors (Lipinski definition) is 26. The van der Waals surface area contributed by atoms with Gasteiger partial charge in [0.25, 0.3) is 0 Å². The minimum absolute atomic E-state index is 0.00281. The predicted molar refractivity (Wildman–Crippen MR) is 551 cm³/mol. The first-order valence-electron chi connectivity index (χ1n) is 52.1. The zero-order valence-electron chi connectivity index (χ0n) is 90.2. The van der Waals surface area contributed by atoms with E-state index < -0.39 is 282 Å². The third-order valence-corrected chi connectivity index (χ3v) is 24.9. The summed E-state index contributed by atoms with van der Waals surface area (Å²) in [6, 6.07) is -27.0. The molecule has 149 heavy (non-hydrogen) atoms. The summed E-state index contributed by atoms with van der Waals surface area (Å²) in [6.07, 6.45) is 1.85. The minimum atomic E-state index is -1.93. The summed E-state index contributed by atoms with van der Waals surface area (Å²) in [6.45, 7) is 31.8. The van der Waals surface area contributed by atoms with Crippen LogP contribution in [-0.2, 0) is 105 Å². The van der Waals surface area contributed by atoms with Gasteiger partial charge in [0, 0.05) is 26.1 Å². The van der Waals surface area contributed by atoms with E-state index in [4.69, 9.17) is 34.4 Å². The Morgan fingerprint density at radius 3 is 0.987 bits per heavy atom. The van der Waals surface area contributed by atoms with Gasteiger partial charge >= 0.3 is 17.9 Å². The Bertz CT molecular complexity index is 4500. The summed E-state index contributed by atoms with van der Waals surface area (Å²) in [7, 11) is 0. The Labute approximate surface area is 873 Å². The van der Waals surface area contributed by atoms with Crippen molar-refractivity contribution in [2.24, 2.45) is 80.8 Å². The monoisotopic (exact) mass is 2120 g/mol. The van der Waals surface area contributed by atoms with Gasteiger partial charge in [-0.1, -0.05) is 103 Å². The van der Waals surface area contributed by atoms with Crippen LogP contribution in [0.2, 0.25) is 0 Å². The van der Waals surface area contributed by atoms with Crippen LogP contribution in [0.4, 0.5) is 0 Å². The lowest BCUT2D eigenvalue weighted by Gasteiger charge is -2.32. The van der Waals surface area contributed by atoms with E-state index in [9.17, 15) is 121 Å². The number of carbonyl (C=O) groups excluding carboxylic acids is 19. The Morgan fingerprint density at radius 1 is 0.295 bits per heavy atom. The third kappa shape index (κ3) is 48.7. The standard InChI is InChI=1S/C98H174N26O25/c1-49(2)43-66(87(138)109-58(17)80(131)110-60(19)95(146)123-41-27-33-72(123)91(142)114-64(32-26-40-105-98(103)104)85(136)113-65(35-36-74(125)126)86(137)116-69(48-75(127)128)90(141)120-71(97(148)149)47-53(9)10)115-88(139)67(44-50(3)4)117-94(145)77(55(13)14)122-92(143)73-34-28-42-124(73)96(147)70(46-52(7)8)119-89(140)68(45-51(5)6)118-93(144)76(54(11)12)121-81(132)59(18)107-78(129)56(15)106-79(130)57(16)108-83(134)62(30-21-24-38-100)112-84(135)63(31-22-25-39-101)111-82(133)61(102)29-20-23-37-99/h49-73,76-77H,20-48,99-102H2,1-19H3,(H,106,130)(H,107,129)(H,108,134)(H,109,138)(H,110,131)(H,111,133)(H,112,135)(H,113,136)(H,114,142)(H,115,139)(H,116,137)(H,117,145)(H,118,144)(H,119,140)(H,120,141)(H,121,132)(H,122,143)(H,125,126)(H,127,128)(H,148,149)(H4,103,104,105)/t56-,57-,58-,59-,60-,61-,62-,63-,64-,65-,66-,67-,68-,69-,70-,71-,72-,73-,76-,77-/m0/s1. The van der Waals surface area contributed by atoms with Gasteiger partial charge in [0.2, 0.25) is 112 Å². The molecular formula is C98H174N26O25. The van der Waals surface area contributed by atoms with Crippen LogP contribution in [0.5, 0.6) is 0 Å². The highest BCUT2D eigenvalue weighted by Gasteiger charge is 2.45. The van der Waals surface area contributed by atoms with E-state index in [0.717, 1.165) is 4.90 Å². The van der Waals surface area contributed by atoms with E-state index in [-0.39, 0.29) is 139 Å². The summed E-state index contributed by atoms with van der Waals surface area (Å²) in [5, 5.41) is 73.0. The Kier molecular flexibility index (Phi) is 60.0. The van der Waals surface area contributed by atoms with Crippen LogP contribution in [0, 0.1) is 41.4 Å². The van der Waals surface area contributed by atoms with Gasteiger partial charge in [0.15, 0.2) is 5.96 Å². The molecule has 0 radical (unpaired) electrons. The molecule has 2 rings (SSSR count). The zero-order chi connectivity index (χ0) is 113. The average molecular weight is 2120 g/mol. The molecule has 0 aliphatic carbocycles. The fourth-order valence-corrected chi connectivity index (χ4v) is 16.7. The number of nitrogens with one attached hydrogen (secondary N) is 17. The second-order valence-electron chi connectivity index (χ2n) is 41.5. The van der Waals surface area contributed by atoms with Crippen LogP contribution < -0.4 is 125 Å². The SMILES string of the molecule is CC(C)C[C@H](NC(=O)[C@H](CC(=O)O)NC(=O)[C@H](CCC(=O)O)NC(=O)[C@H](CCCN=C(N)N)NC(=O)[C@@H]1CCCN1C(=O)[C@H](C)NC(=O)[C@H](C)NC(=O)[C@H](CC(C)C)NC(=O)[C@H](CC(C)C)NC(=O)[C@@H](NC(=O)[C@@H]1CCCN1C(=O)[C@H](CC(C)C)NC(=O)[C@H](CC(C)C)NC(=O)[C@@H](NC(=O)[C@H](C)NC(=O)[C@H](C)NC(=O)[C@H](C)NC(=O)[C@H](CCCCN)NC(=O)[C@H](CCCCN)NC(=O)[C@@H](N)CCCCN)C(C)C)C(C)C)C(=O)O. The lowest BCUT2D eigenvalue weighted by molar-refractivity contribution is -0.144. The van der Waals surface area contributed by atoms with Crippen LogP contribution in [0.25, 0.3) is 0 Å². The molecule has 19 amide bonds. The fraction of sp³-hybridized carbons (Fsp3) is 0.765. The van der Waals surface area contributed by atoms with Crippen molar-refractivity contribution in [3.05, 3.63) is 0 Å². The van der Waals surface area contributed by atoms with Crippen molar-refractivity contribution in [1.82, 2.24) is 100 Å². The van der Waals surface area contributed by atoms with Crippen molar-refractivity contribution < 1.29 is 121 Å². The van der Waals surface area contributed by atoms with Crippen molar-refractivity contribution in [2.75, 3.05) is 39.3 Å². The summed E-state index contributed by atoms with van der Waals surface area (Å²) in [4.78, 5) is 311. The third-order valence-electron chi connectivity index (χ3n) is 24.9. The molecule has 32 N–H and O–H groups in total. The van der Waals surface area contributed by atoms with Crippen LogP contribution in [0.15, 0.2) is 4.99 Å². The maximum atomic E-state index is 15.0. The van der Waals surface area contributed by atoms with Crippen LogP contribution in [0.1, 0.15) is 279 Å². The number of rotatable bonds is 70. The molecule has 0 aromatic rings. The molecule has 2 aliphatic rings. The molecule has 0 aromatic heterocycles. The lowest BCUT2D eigenvalue weighted by Crippen LogP contribution is -2.61. The van der Waals surface area contributed by atoms with Crippen molar-refractivity contribution in [1.29, 1.82) is 0 Å². The zero-order valence-corrected chi connectivity index (χ0v) is 90.2. The molecule has 20 atom stereocenters. The number of aliphatic carboxylic acids is 3. The van der Waals surface area contributed by atoms with E-state index in [1.807, 2.05) is 13.8 Å². The van der Waals surface area contributed by atoms with E-state index in [0.29, 0.717) is 64.5 Å². The van der Waals surface area contributed by atoms with E-state index >= 15 is 0 Å². The van der Waals surface area contributed by atoms with Gasteiger partial charge in [0.1, 0.15) is 115 Å². The summed E-state index contributed by atoms with van der Waals surface area (Å²) >= 11 is 0. The van der Waals surface area contributed by atoms with Gasteiger partial charge in [-0.25, -0.2) is 4.79 Å². The second kappa shape index (κ2) is 67.5. The highest BCUT2D eigenvalue weighted by atomic mass is 16.4. The lowest BCUT2D eigenvalue weighted by atomic mass is 9.97. The molecule has 51 nitrogen and oxygen atoms in total. The number of likely N-dealkylation sites (tertiary alicyclic amines) is 2. The van der Waals surface area contributed by atoms with Gasteiger partial charge in [-0.3, -0.25) is 106 Å². The van der Waals surface area contributed by atoms with Crippen molar-refractivity contribution in [2.45, 2.75) is 400 Å². The number of hydrogen-bond acceptors (Lipinski definition) is 27.